The maximum Gasteiger partial charge on any atom is 0.150 e. The van der Waals surface area contributed by atoms with Gasteiger partial charge in [-0.15, -0.1) is 0 Å². The average Bonchev–Trinajstić information content (AvgIpc) is 3.64. The zero-order valence-electron chi connectivity index (χ0n) is 18.7. The Morgan fingerprint density at radius 1 is 1.16 bits per heavy atom. The molecule has 0 heterocycles. The maximum atomic E-state index is 11.4. The molecule has 0 aliphatic heterocycles. The highest BCUT2D eigenvalue weighted by molar-refractivity contribution is 6.32. The van der Waals surface area contributed by atoms with E-state index >= 15 is 0 Å². The summed E-state index contributed by atoms with van der Waals surface area (Å²) in [5.74, 6) is 1.47. The molecule has 2 aliphatic rings. The lowest BCUT2D eigenvalue weighted by Crippen LogP contribution is -2.41. The number of benzene rings is 2. The summed E-state index contributed by atoms with van der Waals surface area (Å²) in [6.07, 6.45) is 12.5. The van der Waals surface area contributed by atoms with Crippen LogP contribution in [0.15, 0.2) is 48.7 Å². The number of nitrogens with two attached hydrogens (primary N) is 1. The van der Waals surface area contributed by atoms with Crippen LogP contribution in [-0.2, 0) is 0 Å². The summed E-state index contributed by atoms with van der Waals surface area (Å²) >= 11 is 6.45. The third kappa shape index (κ3) is 5.19. The molecule has 0 spiro atoms. The number of aldehydes is 1. The minimum absolute atomic E-state index is 0.0546. The van der Waals surface area contributed by atoms with Gasteiger partial charge in [0, 0.05) is 18.7 Å². The van der Waals surface area contributed by atoms with Gasteiger partial charge in [0.2, 0.25) is 0 Å². The van der Waals surface area contributed by atoms with Crippen LogP contribution < -0.4 is 15.8 Å². The van der Waals surface area contributed by atoms with E-state index in [1.165, 1.54) is 24.8 Å². The Balaban J connectivity index is 1.48. The van der Waals surface area contributed by atoms with Crippen molar-refractivity contribution in [1.29, 1.82) is 0 Å². The quantitative estimate of drug-likeness (QED) is 0.448. The van der Waals surface area contributed by atoms with Gasteiger partial charge in [0.05, 0.1) is 11.1 Å². The van der Waals surface area contributed by atoms with Crippen molar-refractivity contribution in [3.63, 3.8) is 0 Å². The highest BCUT2D eigenvalue weighted by atomic mass is 35.5. The van der Waals surface area contributed by atoms with E-state index in [1.54, 1.807) is 12.3 Å². The van der Waals surface area contributed by atoms with Crippen LogP contribution in [0.4, 0.5) is 0 Å². The molecule has 2 aliphatic carbocycles. The van der Waals surface area contributed by atoms with Gasteiger partial charge in [0.25, 0.3) is 0 Å². The molecule has 1 unspecified atom stereocenters. The largest absolute Gasteiger partial charge is 0.489 e. The third-order valence-corrected chi connectivity index (χ3v) is 7.42. The zero-order valence-corrected chi connectivity index (χ0v) is 19.5. The zero-order chi connectivity index (χ0) is 22.6. The van der Waals surface area contributed by atoms with Crippen molar-refractivity contribution in [1.82, 2.24) is 5.32 Å². The van der Waals surface area contributed by atoms with Gasteiger partial charge in [-0.1, -0.05) is 54.8 Å². The SMILES string of the molecule is CN/C=C\c1cc(OC2CCC(CC3CC3)(C(N)c3ccccc3)CC2)c(Cl)cc1C=O. The van der Waals surface area contributed by atoms with Gasteiger partial charge in [0.1, 0.15) is 5.75 Å². The van der Waals surface area contributed by atoms with E-state index in [1.807, 2.05) is 25.3 Å². The molecular weight excluding hydrogens is 420 g/mol. The average molecular weight is 453 g/mol. The molecule has 2 aromatic carbocycles. The van der Waals surface area contributed by atoms with Crippen molar-refractivity contribution in [2.24, 2.45) is 17.1 Å². The van der Waals surface area contributed by atoms with E-state index in [2.05, 4.69) is 29.6 Å². The number of hydrogen-bond donors (Lipinski definition) is 2. The first-order valence-corrected chi connectivity index (χ1v) is 12.0. The smallest absolute Gasteiger partial charge is 0.150 e. The monoisotopic (exact) mass is 452 g/mol. The Labute approximate surface area is 196 Å². The van der Waals surface area contributed by atoms with Crippen molar-refractivity contribution < 1.29 is 9.53 Å². The van der Waals surface area contributed by atoms with E-state index in [9.17, 15) is 4.79 Å². The highest BCUT2D eigenvalue weighted by Crippen LogP contribution is 2.53. The molecule has 0 aromatic heterocycles. The lowest BCUT2D eigenvalue weighted by molar-refractivity contribution is 0.0498. The van der Waals surface area contributed by atoms with E-state index in [-0.39, 0.29) is 17.6 Å². The number of halogens is 1. The fourth-order valence-corrected chi connectivity index (χ4v) is 5.33. The van der Waals surface area contributed by atoms with E-state index in [0.29, 0.717) is 16.3 Å². The van der Waals surface area contributed by atoms with E-state index in [0.717, 1.165) is 43.5 Å². The first kappa shape index (κ1) is 22.9. The summed E-state index contributed by atoms with van der Waals surface area (Å²) in [5.41, 5.74) is 9.60. The second-order valence-electron chi connectivity index (χ2n) is 9.37. The number of carbonyl (C=O) groups excluding carboxylic acids is 1. The lowest BCUT2D eigenvalue weighted by atomic mass is 9.64. The Kier molecular flexibility index (Phi) is 7.22. The van der Waals surface area contributed by atoms with Gasteiger partial charge in [-0.05, 0) is 79.0 Å². The molecule has 170 valence electrons. The predicted molar refractivity (Wildman–Crippen MR) is 131 cm³/mol. The summed E-state index contributed by atoms with van der Waals surface area (Å²) in [7, 11) is 1.82. The van der Waals surface area contributed by atoms with Crippen molar-refractivity contribution in [3.8, 4) is 5.75 Å². The fraction of sp³-hybridized carbons (Fsp3) is 0.444. The Morgan fingerprint density at radius 2 is 1.88 bits per heavy atom. The molecule has 0 bridgehead atoms. The first-order chi connectivity index (χ1) is 15.5. The van der Waals surface area contributed by atoms with Crippen LogP contribution in [0, 0.1) is 11.3 Å². The second kappa shape index (κ2) is 10.1. The minimum atomic E-state index is 0.0546. The predicted octanol–water partition coefficient (Wildman–Crippen LogP) is 6.15. The molecular formula is C27H33ClN2O2. The topological polar surface area (TPSA) is 64.3 Å². The molecule has 2 saturated carbocycles. The van der Waals surface area contributed by atoms with Crippen molar-refractivity contribution in [2.45, 2.75) is 57.1 Å². The molecule has 3 N–H and O–H groups in total. The van der Waals surface area contributed by atoms with Crippen LogP contribution in [0.1, 0.15) is 72.5 Å². The summed E-state index contributed by atoms with van der Waals surface area (Å²) in [6.45, 7) is 0. The molecule has 32 heavy (non-hydrogen) atoms. The summed E-state index contributed by atoms with van der Waals surface area (Å²) in [5, 5.41) is 3.43. The number of carbonyl (C=O) groups is 1. The Hall–Kier alpha value is -2.30. The molecule has 0 saturated heterocycles. The Morgan fingerprint density at radius 3 is 2.50 bits per heavy atom. The van der Waals surface area contributed by atoms with Crippen LogP contribution >= 0.6 is 11.6 Å². The van der Waals surface area contributed by atoms with Crippen molar-refractivity contribution in [3.05, 3.63) is 70.4 Å². The van der Waals surface area contributed by atoms with Crippen molar-refractivity contribution in [2.75, 3.05) is 7.05 Å². The maximum absolute atomic E-state index is 11.4. The van der Waals surface area contributed by atoms with E-state index < -0.39 is 0 Å². The summed E-state index contributed by atoms with van der Waals surface area (Å²) in [4.78, 5) is 11.4. The van der Waals surface area contributed by atoms with Crippen molar-refractivity contribution >= 4 is 24.0 Å². The molecule has 5 heteroatoms. The molecule has 2 aromatic rings. The lowest BCUT2D eigenvalue weighted by Gasteiger charge is -2.45. The molecule has 0 amide bonds. The first-order valence-electron chi connectivity index (χ1n) is 11.6. The van der Waals surface area contributed by atoms with Crippen LogP contribution in [0.5, 0.6) is 5.75 Å². The van der Waals surface area contributed by atoms with Gasteiger partial charge >= 0.3 is 0 Å². The van der Waals surface area contributed by atoms with Crippen LogP contribution in [0.2, 0.25) is 5.02 Å². The standard InChI is InChI=1S/C27H33ClN2O2/c1-30-14-11-21-16-25(24(28)15-22(21)18-31)32-23-9-12-27(13-10-23,17-19-7-8-19)26(29)20-5-3-2-4-6-20/h2-6,11,14-16,18-19,23,26,30H,7-10,12-13,17,29H2,1H3/b14-11-. The highest BCUT2D eigenvalue weighted by Gasteiger charge is 2.44. The molecule has 4 nitrogen and oxygen atoms in total. The van der Waals surface area contributed by atoms with Gasteiger partial charge in [0.15, 0.2) is 6.29 Å². The van der Waals surface area contributed by atoms with Gasteiger partial charge in [-0.25, -0.2) is 0 Å². The van der Waals surface area contributed by atoms with Gasteiger partial charge < -0.3 is 15.8 Å². The van der Waals surface area contributed by atoms with Crippen LogP contribution in [-0.4, -0.2) is 19.4 Å². The number of nitrogens with one attached hydrogen (secondary N) is 1. The Bertz CT molecular complexity index is 948. The molecule has 0 radical (unpaired) electrons. The number of hydrogen-bond acceptors (Lipinski definition) is 4. The van der Waals surface area contributed by atoms with Crippen LogP contribution in [0.25, 0.3) is 6.08 Å². The number of ether oxygens (including phenoxy) is 1. The normalized spacial score (nSPS) is 24.3. The fourth-order valence-electron chi connectivity index (χ4n) is 5.11. The second-order valence-corrected chi connectivity index (χ2v) is 9.77. The summed E-state index contributed by atoms with van der Waals surface area (Å²) < 4.78 is 6.36. The molecule has 2 fully saturated rings. The molecule has 4 rings (SSSR count). The third-order valence-electron chi connectivity index (χ3n) is 7.13. The number of rotatable bonds is 9. The summed E-state index contributed by atoms with van der Waals surface area (Å²) in [6, 6.07) is 14.1. The minimum Gasteiger partial charge on any atom is -0.489 e. The van der Waals surface area contributed by atoms with Crippen LogP contribution in [0.3, 0.4) is 0 Å². The van der Waals surface area contributed by atoms with Gasteiger partial charge in [-0.3, -0.25) is 4.79 Å². The molecule has 1 atom stereocenters. The van der Waals surface area contributed by atoms with Gasteiger partial charge in [-0.2, -0.15) is 0 Å². The van der Waals surface area contributed by atoms with E-state index in [4.69, 9.17) is 22.1 Å².